The van der Waals surface area contributed by atoms with Crippen LogP contribution in [0, 0.1) is 0 Å². The molecule has 1 aliphatic carbocycles. The summed E-state index contributed by atoms with van der Waals surface area (Å²) in [5.74, 6) is 2.74. The summed E-state index contributed by atoms with van der Waals surface area (Å²) in [5, 5.41) is 0. The molecule has 1 amide bonds. The van der Waals surface area contributed by atoms with Crippen molar-refractivity contribution in [3.05, 3.63) is 58.5 Å². The number of rotatable bonds is 9. The third-order valence-electron chi connectivity index (χ3n) is 6.24. The van der Waals surface area contributed by atoms with E-state index in [2.05, 4.69) is 24.3 Å². The molecule has 0 bridgehead atoms. The Bertz CT molecular complexity index is 1050. The van der Waals surface area contributed by atoms with Crippen LogP contribution in [-0.4, -0.2) is 42.0 Å². The molecule has 2 aliphatic rings. The van der Waals surface area contributed by atoms with Crippen molar-refractivity contribution >= 4 is 40.3 Å². The topological polar surface area (TPSA) is 48.0 Å². The normalized spacial score (nSPS) is 17.9. The molecule has 2 aromatic carbocycles. The summed E-state index contributed by atoms with van der Waals surface area (Å²) in [6.45, 7) is 3.33. The molecular weight excluding hydrogens is 466 g/mol. The quantitative estimate of drug-likeness (QED) is 0.226. The van der Waals surface area contributed by atoms with Gasteiger partial charge in [-0.05, 0) is 67.2 Å². The van der Waals surface area contributed by atoms with Crippen molar-refractivity contribution in [3.8, 4) is 17.2 Å². The lowest BCUT2D eigenvalue weighted by Gasteiger charge is -2.22. The zero-order valence-corrected chi connectivity index (χ0v) is 21.4. The van der Waals surface area contributed by atoms with Crippen molar-refractivity contribution in [2.45, 2.75) is 44.9 Å². The fourth-order valence-corrected chi connectivity index (χ4v) is 5.78. The largest absolute Gasteiger partial charge is 0.493 e. The highest BCUT2D eigenvalue weighted by Crippen LogP contribution is 2.35. The number of carbonyl (C=O) groups is 1. The monoisotopic (exact) mass is 497 g/mol. The Morgan fingerprint density at radius 2 is 1.76 bits per heavy atom. The third-order valence-corrected chi connectivity index (χ3v) is 7.62. The van der Waals surface area contributed by atoms with Crippen LogP contribution < -0.4 is 14.2 Å². The van der Waals surface area contributed by atoms with Crippen LogP contribution in [0.25, 0.3) is 6.08 Å². The molecule has 0 aromatic heterocycles. The van der Waals surface area contributed by atoms with Gasteiger partial charge >= 0.3 is 0 Å². The van der Waals surface area contributed by atoms with Gasteiger partial charge < -0.3 is 14.2 Å². The molecule has 180 valence electrons. The van der Waals surface area contributed by atoms with E-state index in [0.717, 1.165) is 11.3 Å². The SMILES string of the molecule is CCN1C(=O)/C(=C/c2ccc(OCCOc3ccc(C4CCCCC4)cc3)c(OC)c2)SC1=S. The van der Waals surface area contributed by atoms with E-state index < -0.39 is 0 Å². The van der Waals surface area contributed by atoms with E-state index in [1.54, 1.807) is 12.0 Å². The number of nitrogens with zero attached hydrogens (tertiary/aromatic N) is 1. The van der Waals surface area contributed by atoms with Gasteiger partial charge in [0.2, 0.25) is 0 Å². The summed E-state index contributed by atoms with van der Waals surface area (Å²) in [4.78, 5) is 14.7. The van der Waals surface area contributed by atoms with E-state index in [-0.39, 0.29) is 5.91 Å². The lowest BCUT2D eigenvalue weighted by atomic mass is 9.84. The highest BCUT2D eigenvalue weighted by Gasteiger charge is 2.30. The highest BCUT2D eigenvalue weighted by molar-refractivity contribution is 8.26. The predicted molar refractivity (Wildman–Crippen MR) is 142 cm³/mol. The number of methoxy groups -OCH3 is 1. The first-order valence-corrected chi connectivity index (χ1v) is 13.1. The minimum atomic E-state index is -0.0549. The van der Waals surface area contributed by atoms with Crippen LogP contribution in [0.5, 0.6) is 17.2 Å². The molecule has 1 saturated carbocycles. The highest BCUT2D eigenvalue weighted by atomic mass is 32.2. The molecule has 1 saturated heterocycles. The minimum absolute atomic E-state index is 0.0549. The van der Waals surface area contributed by atoms with E-state index in [9.17, 15) is 4.79 Å². The molecule has 2 fully saturated rings. The van der Waals surface area contributed by atoms with Crippen LogP contribution in [-0.2, 0) is 4.79 Å². The van der Waals surface area contributed by atoms with Crippen LogP contribution in [0.1, 0.15) is 56.1 Å². The van der Waals surface area contributed by atoms with Crippen molar-refractivity contribution in [1.29, 1.82) is 0 Å². The number of amides is 1. The standard InChI is InChI=1S/C27H31NO4S2/c1-3-28-26(29)25(34-27(28)33)18-19-9-14-23(24(17-19)30-2)32-16-15-31-22-12-10-21(11-13-22)20-7-5-4-6-8-20/h9-14,17-18,20H,3-8,15-16H2,1-2H3/b25-18-. The van der Waals surface area contributed by atoms with E-state index in [1.165, 1.54) is 49.4 Å². The van der Waals surface area contributed by atoms with Crippen molar-refractivity contribution in [3.63, 3.8) is 0 Å². The van der Waals surface area contributed by atoms with Crippen LogP contribution in [0.15, 0.2) is 47.4 Å². The zero-order chi connectivity index (χ0) is 23.9. The lowest BCUT2D eigenvalue weighted by molar-refractivity contribution is -0.121. The van der Waals surface area contributed by atoms with Gasteiger partial charge in [-0.2, -0.15) is 0 Å². The average Bonchev–Trinajstić information content (AvgIpc) is 3.14. The molecule has 34 heavy (non-hydrogen) atoms. The van der Waals surface area contributed by atoms with Gasteiger partial charge in [-0.3, -0.25) is 9.69 Å². The Morgan fingerprint density at radius 1 is 1.03 bits per heavy atom. The first-order valence-electron chi connectivity index (χ1n) is 11.9. The summed E-state index contributed by atoms with van der Waals surface area (Å²) >= 11 is 6.60. The smallest absolute Gasteiger partial charge is 0.266 e. The van der Waals surface area contributed by atoms with Crippen LogP contribution >= 0.6 is 24.0 Å². The Labute approximate surface area is 211 Å². The number of ether oxygens (including phenoxy) is 3. The minimum Gasteiger partial charge on any atom is -0.493 e. The Morgan fingerprint density at radius 3 is 2.44 bits per heavy atom. The Balaban J connectivity index is 1.30. The van der Waals surface area contributed by atoms with Gasteiger partial charge in [-0.1, -0.05) is 61.4 Å². The van der Waals surface area contributed by atoms with E-state index in [1.807, 2.05) is 31.2 Å². The Kier molecular flexibility index (Phi) is 8.51. The molecular formula is C27H31NO4S2. The molecule has 1 aliphatic heterocycles. The Hall–Kier alpha value is -2.51. The van der Waals surface area contributed by atoms with Crippen molar-refractivity contribution in [1.82, 2.24) is 4.90 Å². The van der Waals surface area contributed by atoms with Crippen LogP contribution in [0.4, 0.5) is 0 Å². The molecule has 0 spiro atoms. The summed E-state index contributed by atoms with van der Waals surface area (Å²) in [6, 6.07) is 14.1. The fourth-order valence-electron chi connectivity index (χ4n) is 4.40. The summed E-state index contributed by atoms with van der Waals surface area (Å²) < 4.78 is 17.9. The molecule has 7 heteroatoms. The van der Waals surface area contributed by atoms with Crippen molar-refractivity contribution in [2.75, 3.05) is 26.9 Å². The average molecular weight is 498 g/mol. The number of hydrogen-bond acceptors (Lipinski definition) is 6. The van der Waals surface area contributed by atoms with Gasteiger partial charge in [0.05, 0.1) is 12.0 Å². The maximum absolute atomic E-state index is 12.4. The van der Waals surface area contributed by atoms with Crippen LogP contribution in [0.2, 0.25) is 0 Å². The second-order valence-corrected chi connectivity index (χ2v) is 10.1. The molecule has 1 heterocycles. The third kappa shape index (κ3) is 5.94. The van der Waals surface area contributed by atoms with Gasteiger partial charge in [0.15, 0.2) is 11.5 Å². The summed E-state index contributed by atoms with van der Waals surface area (Å²) in [5.41, 5.74) is 2.28. The predicted octanol–water partition coefficient (Wildman–Crippen LogP) is 6.42. The molecule has 5 nitrogen and oxygen atoms in total. The molecule has 2 aromatic rings. The second kappa shape index (κ2) is 11.8. The number of likely N-dealkylation sites (N-methyl/N-ethyl adjacent to an activating group) is 1. The maximum Gasteiger partial charge on any atom is 0.266 e. The van der Waals surface area contributed by atoms with E-state index in [4.69, 9.17) is 26.4 Å². The molecule has 0 atom stereocenters. The first-order chi connectivity index (χ1) is 16.6. The molecule has 0 radical (unpaired) electrons. The first kappa shape index (κ1) is 24.6. The van der Waals surface area contributed by atoms with Crippen molar-refractivity contribution in [2.24, 2.45) is 0 Å². The zero-order valence-electron chi connectivity index (χ0n) is 19.7. The lowest BCUT2D eigenvalue weighted by Crippen LogP contribution is -2.27. The number of thioether (sulfide) groups is 1. The van der Waals surface area contributed by atoms with Crippen LogP contribution in [0.3, 0.4) is 0 Å². The van der Waals surface area contributed by atoms with E-state index >= 15 is 0 Å². The number of thiocarbonyl (C=S) groups is 1. The van der Waals surface area contributed by atoms with Gasteiger partial charge in [0, 0.05) is 6.54 Å². The second-order valence-electron chi connectivity index (χ2n) is 8.44. The number of carbonyl (C=O) groups excluding carboxylic acids is 1. The molecule has 0 N–H and O–H groups in total. The van der Waals surface area contributed by atoms with Gasteiger partial charge in [-0.25, -0.2) is 0 Å². The van der Waals surface area contributed by atoms with E-state index in [0.29, 0.717) is 46.4 Å². The van der Waals surface area contributed by atoms with Gasteiger partial charge in [0.25, 0.3) is 5.91 Å². The molecule has 4 rings (SSSR count). The summed E-state index contributed by atoms with van der Waals surface area (Å²) in [6.07, 6.45) is 8.47. The number of hydrogen-bond donors (Lipinski definition) is 0. The fraction of sp³-hybridized carbons (Fsp3) is 0.407. The maximum atomic E-state index is 12.4. The van der Waals surface area contributed by atoms with Gasteiger partial charge in [0.1, 0.15) is 23.3 Å². The van der Waals surface area contributed by atoms with Crippen molar-refractivity contribution < 1.29 is 19.0 Å². The number of benzene rings is 2. The summed E-state index contributed by atoms with van der Waals surface area (Å²) in [7, 11) is 1.60. The van der Waals surface area contributed by atoms with Gasteiger partial charge in [-0.15, -0.1) is 0 Å². The molecule has 0 unspecified atom stereocenters.